The molecule has 0 aliphatic heterocycles. The highest BCUT2D eigenvalue weighted by molar-refractivity contribution is 5.40. The van der Waals surface area contributed by atoms with Crippen molar-refractivity contribution in [2.75, 3.05) is 13.7 Å². The number of rotatable bonds is 5. The number of hydrogen-bond donors (Lipinski definition) is 1. The molecule has 1 aliphatic rings. The monoisotopic (exact) mass is 302 g/mol. The average molecular weight is 302 g/mol. The number of benzene rings is 1. The molecule has 0 fully saturated rings. The number of aromatic nitrogens is 2. The van der Waals surface area contributed by atoms with Crippen molar-refractivity contribution in [3.05, 3.63) is 59.4 Å². The van der Waals surface area contributed by atoms with Crippen LogP contribution in [0, 0.1) is 5.82 Å². The van der Waals surface area contributed by atoms with Gasteiger partial charge in [-0.15, -0.1) is 0 Å². The quantitative estimate of drug-likeness (QED) is 0.922. The maximum absolute atomic E-state index is 13.4. The SMILES string of the molecule is COCC[C@H](c1ncccn1)[C@]1(O)CCc2cc(F)ccc21. The van der Waals surface area contributed by atoms with Crippen molar-refractivity contribution in [1.82, 2.24) is 9.97 Å². The van der Waals surface area contributed by atoms with Gasteiger partial charge in [0.25, 0.3) is 0 Å². The minimum Gasteiger partial charge on any atom is -0.385 e. The van der Waals surface area contributed by atoms with Crippen molar-refractivity contribution in [3.8, 4) is 0 Å². The van der Waals surface area contributed by atoms with Crippen LogP contribution in [0.1, 0.15) is 35.7 Å². The molecular weight excluding hydrogens is 283 g/mol. The van der Waals surface area contributed by atoms with Gasteiger partial charge < -0.3 is 9.84 Å². The minimum atomic E-state index is -1.08. The Bertz CT molecular complexity index is 650. The molecule has 2 atom stereocenters. The van der Waals surface area contributed by atoms with E-state index in [2.05, 4.69) is 9.97 Å². The van der Waals surface area contributed by atoms with Gasteiger partial charge >= 0.3 is 0 Å². The fourth-order valence-corrected chi connectivity index (χ4v) is 3.32. The Morgan fingerprint density at radius 3 is 2.86 bits per heavy atom. The van der Waals surface area contributed by atoms with Crippen LogP contribution < -0.4 is 0 Å². The first-order valence-corrected chi connectivity index (χ1v) is 7.42. The molecule has 1 aromatic carbocycles. The number of methoxy groups -OCH3 is 1. The maximum Gasteiger partial charge on any atom is 0.134 e. The Morgan fingerprint density at radius 1 is 1.36 bits per heavy atom. The highest BCUT2D eigenvalue weighted by atomic mass is 19.1. The van der Waals surface area contributed by atoms with E-state index in [1.54, 1.807) is 31.6 Å². The second-order valence-corrected chi connectivity index (χ2v) is 5.67. The molecule has 0 saturated heterocycles. The maximum atomic E-state index is 13.4. The number of nitrogens with zero attached hydrogens (tertiary/aromatic N) is 2. The van der Waals surface area contributed by atoms with Gasteiger partial charge in [0, 0.05) is 26.1 Å². The topological polar surface area (TPSA) is 55.2 Å². The molecule has 116 valence electrons. The Balaban J connectivity index is 2.01. The standard InChI is InChI=1S/C17H19FN2O2/c1-22-10-6-15(16-19-8-2-9-20-16)17(21)7-5-12-11-13(18)3-4-14(12)17/h2-4,8-9,11,15,21H,5-7,10H2,1H3/t15-,17+/m1/s1. The van der Waals surface area contributed by atoms with Gasteiger partial charge in [0.2, 0.25) is 0 Å². The number of aryl methyl sites for hydroxylation is 1. The first-order chi connectivity index (χ1) is 10.6. The van der Waals surface area contributed by atoms with E-state index < -0.39 is 5.60 Å². The molecule has 1 heterocycles. The second-order valence-electron chi connectivity index (χ2n) is 5.67. The normalized spacial score (nSPS) is 21.6. The van der Waals surface area contributed by atoms with Crippen LogP contribution in [0.4, 0.5) is 4.39 Å². The highest BCUT2D eigenvalue weighted by Gasteiger charge is 2.45. The lowest BCUT2D eigenvalue weighted by Crippen LogP contribution is -2.33. The third-order valence-electron chi connectivity index (χ3n) is 4.39. The summed E-state index contributed by atoms with van der Waals surface area (Å²) in [5, 5.41) is 11.3. The third-order valence-corrected chi connectivity index (χ3v) is 4.39. The number of aliphatic hydroxyl groups is 1. The number of fused-ring (bicyclic) bond motifs is 1. The summed E-state index contributed by atoms with van der Waals surface area (Å²) in [6.07, 6.45) is 5.14. The Labute approximate surface area is 129 Å². The summed E-state index contributed by atoms with van der Waals surface area (Å²) in [6, 6.07) is 6.33. The van der Waals surface area contributed by atoms with Crippen LogP contribution in [0.5, 0.6) is 0 Å². The molecule has 0 unspecified atom stereocenters. The summed E-state index contributed by atoms with van der Waals surface area (Å²) in [5.74, 6) is 0.0481. The largest absolute Gasteiger partial charge is 0.385 e. The molecule has 0 spiro atoms. The lowest BCUT2D eigenvalue weighted by Gasteiger charge is -2.32. The number of hydrogen-bond acceptors (Lipinski definition) is 4. The molecule has 2 aromatic rings. The van der Waals surface area contributed by atoms with Crippen molar-refractivity contribution >= 4 is 0 Å². The fraction of sp³-hybridized carbons (Fsp3) is 0.412. The van der Waals surface area contributed by atoms with E-state index in [1.165, 1.54) is 12.1 Å². The van der Waals surface area contributed by atoms with Crippen LogP contribution in [-0.4, -0.2) is 28.8 Å². The zero-order valence-corrected chi connectivity index (χ0v) is 12.5. The number of ether oxygens (including phenoxy) is 1. The van der Waals surface area contributed by atoms with E-state index in [0.717, 1.165) is 11.1 Å². The van der Waals surface area contributed by atoms with Crippen LogP contribution >= 0.6 is 0 Å². The van der Waals surface area contributed by atoms with Gasteiger partial charge in [-0.05, 0) is 48.6 Å². The van der Waals surface area contributed by atoms with Crippen LogP contribution in [0.15, 0.2) is 36.7 Å². The van der Waals surface area contributed by atoms with E-state index in [0.29, 0.717) is 31.7 Å². The summed E-state index contributed by atoms with van der Waals surface area (Å²) < 4.78 is 18.6. The van der Waals surface area contributed by atoms with Gasteiger partial charge in [-0.25, -0.2) is 14.4 Å². The zero-order valence-electron chi connectivity index (χ0n) is 12.5. The first kappa shape index (κ1) is 15.1. The molecule has 0 radical (unpaired) electrons. The predicted octanol–water partition coefficient (Wildman–Crippen LogP) is 2.57. The van der Waals surface area contributed by atoms with Gasteiger partial charge in [0.05, 0.1) is 5.92 Å². The summed E-state index contributed by atoms with van der Waals surface area (Å²) in [6.45, 7) is 0.502. The lowest BCUT2D eigenvalue weighted by atomic mass is 9.80. The van der Waals surface area contributed by atoms with Crippen molar-refractivity contribution in [1.29, 1.82) is 0 Å². The van der Waals surface area contributed by atoms with Crippen molar-refractivity contribution in [2.45, 2.75) is 30.8 Å². The summed E-state index contributed by atoms with van der Waals surface area (Å²) in [4.78, 5) is 8.62. The van der Waals surface area contributed by atoms with E-state index in [4.69, 9.17) is 4.74 Å². The van der Waals surface area contributed by atoms with Crippen LogP contribution in [0.3, 0.4) is 0 Å². The highest BCUT2D eigenvalue weighted by Crippen LogP contribution is 2.47. The minimum absolute atomic E-state index is 0.271. The molecule has 1 aromatic heterocycles. The van der Waals surface area contributed by atoms with Gasteiger partial charge in [-0.2, -0.15) is 0 Å². The fourth-order valence-electron chi connectivity index (χ4n) is 3.32. The second kappa shape index (κ2) is 6.10. The van der Waals surface area contributed by atoms with Crippen molar-refractivity contribution in [3.63, 3.8) is 0 Å². The van der Waals surface area contributed by atoms with Gasteiger partial charge in [-0.3, -0.25) is 0 Å². The van der Waals surface area contributed by atoms with Gasteiger partial charge in [-0.1, -0.05) is 6.07 Å². The molecule has 0 saturated carbocycles. The molecule has 1 N–H and O–H groups in total. The van der Waals surface area contributed by atoms with Gasteiger partial charge in [0.15, 0.2) is 0 Å². The van der Waals surface area contributed by atoms with E-state index in [9.17, 15) is 9.50 Å². The predicted molar refractivity (Wildman–Crippen MR) is 79.9 cm³/mol. The van der Waals surface area contributed by atoms with E-state index in [1.807, 2.05) is 0 Å². The summed E-state index contributed by atoms with van der Waals surface area (Å²) in [7, 11) is 1.63. The zero-order chi connectivity index (χ0) is 15.6. The first-order valence-electron chi connectivity index (χ1n) is 7.42. The lowest BCUT2D eigenvalue weighted by molar-refractivity contribution is -0.00431. The molecule has 0 bridgehead atoms. The Kier molecular flexibility index (Phi) is 4.18. The van der Waals surface area contributed by atoms with Crippen LogP contribution in [-0.2, 0) is 16.8 Å². The van der Waals surface area contributed by atoms with Crippen LogP contribution in [0.25, 0.3) is 0 Å². The van der Waals surface area contributed by atoms with E-state index >= 15 is 0 Å². The smallest absolute Gasteiger partial charge is 0.134 e. The van der Waals surface area contributed by atoms with Crippen molar-refractivity contribution < 1.29 is 14.2 Å². The summed E-state index contributed by atoms with van der Waals surface area (Å²) in [5.41, 5.74) is 0.562. The summed E-state index contributed by atoms with van der Waals surface area (Å²) >= 11 is 0. The third kappa shape index (κ3) is 2.62. The molecular formula is C17H19FN2O2. The molecule has 5 heteroatoms. The molecule has 0 amide bonds. The Hall–Kier alpha value is -1.85. The van der Waals surface area contributed by atoms with Crippen LogP contribution in [0.2, 0.25) is 0 Å². The van der Waals surface area contributed by atoms with Crippen molar-refractivity contribution in [2.24, 2.45) is 0 Å². The van der Waals surface area contributed by atoms with Gasteiger partial charge in [0.1, 0.15) is 17.2 Å². The Morgan fingerprint density at radius 2 is 2.14 bits per heavy atom. The molecule has 3 rings (SSSR count). The molecule has 22 heavy (non-hydrogen) atoms. The van der Waals surface area contributed by atoms with E-state index in [-0.39, 0.29) is 11.7 Å². The molecule has 4 nitrogen and oxygen atoms in total. The number of halogens is 1. The molecule has 1 aliphatic carbocycles. The average Bonchev–Trinajstić information content (AvgIpc) is 2.86.